The summed E-state index contributed by atoms with van der Waals surface area (Å²) in [6.07, 6.45) is -16.3. The molecule has 0 aliphatic carbocycles. The van der Waals surface area contributed by atoms with Gasteiger partial charge in [-0.1, -0.05) is 0 Å². The number of hydrogen-bond donors (Lipinski definition) is 21. The van der Waals surface area contributed by atoms with Crippen molar-refractivity contribution in [2.75, 3.05) is 6.61 Å². The lowest BCUT2D eigenvalue weighted by molar-refractivity contribution is -0.135. The van der Waals surface area contributed by atoms with Gasteiger partial charge >= 0.3 is 29.8 Å². The topological polar surface area (TPSA) is 566 Å². The van der Waals surface area contributed by atoms with E-state index in [-0.39, 0.29) is 5.56 Å². The Kier molecular flexibility index (Phi) is 13.2. The van der Waals surface area contributed by atoms with E-state index in [2.05, 4.69) is 0 Å². The minimum atomic E-state index is -3.06. The van der Waals surface area contributed by atoms with Gasteiger partial charge in [0.25, 0.3) is 0 Å². The third-order valence-electron chi connectivity index (χ3n) is 15.0. The summed E-state index contributed by atoms with van der Waals surface area (Å²) in [5.74, 6) is -40.4. The summed E-state index contributed by atoms with van der Waals surface area (Å²) < 4.78 is 35.5. The predicted octanol–water partition coefficient (Wildman–Crippen LogP) is 3.00. The number of hydrogen-bond acceptors (Lipinski definition) is 32. The molecule has 0 unspecified atom stereocenters. The van der Waals surface area contributed by atoms with Crippen molar-refractivity contribution in [3.8, 4) is 143 Å². The fraction of sp³-hybridized carbons (Fsp3) is 0.161. The molecular weight excluding hydrogens is 1180 g/mol. The summed E-state index contributed by atoms with van der Waals surface area (Å²) in [6.45, 7) is -1.65. The standard InChI is InChI=1S/C56H40O32/c57-17-9-18(58)31(48-13(17)5-26(66)47(85-48)11-1-19(59)36(67)20(60)2-11)34-33-35-32(44(75)46(77)45(33)76)29-16(8-25(65)39(70)42(29)73)54(80)88-51(50(34)87-56(35)82)49-27(84-52(78)12-3-21(61)37(68)22(62)4-12)10-83-53(79)15-7-24(64)38(69)41(72)28(15)14-6-23(63)40(71)43(74)30(14)55(81)86-49/h1-4,6-9,26-27,34,47,49-51,57-77H,5,10H2/t26-,27+,34-,47+,49+,50-,51-/m0/s1. The summed E-state index contributed by atoms with van der Waals surface area (Å²) in [7, 11) is 0. The van der Waals surface area contributed by atoms with Gasteiger partial charge in [0, 0.05) is 57.0 Å². The highest BCUT2D eigenvalue weighted by molar-refractivity contribution is 6.11. The molecule has 0 saturated heterocycles. The van der Waals surface area contributed by atoms with Gasteiger partial charge in [0.1, 0.15) is 29.4 Å². The van der Waals surface area contributed by atoms with Gasteiger partial charge in [-0.25, -0.2) is 24.0 Å². The molecule has 32 heteroatoms. The highest BCUT2D eigenvalue weighted by Crippen LogP contribution is 2.62. The lowest BCUT2D eigenvalue weighted by Gasteiger charge is -2.43. The second-order valence-electron chi connectivity index (χ2n) is 20.1. The van der Waals surface area contributed by atoms with E-state index in [4.69, 9.17) is 28.4 Å². The maximum absolute atomic E-state index is 15.4. The van der Waals surface area contributed by atoms with Crippen molar-refractivity contribution in [3.05, 3.63) is 98.6 Å². The molecule has 0 saturated carbocycles. The van der Waals surface area contributed by atoms with Gasteiger partial charge in [-0.15, -0.1) is 0 Å². The molecule has 88 heavy (non-hydrogen) atoms. The Labute approximate surface area is 485 Å². The number of aliphatic hydroxyl groups excluding tert-OH is 1. The highest BCUT2D eigenvalue weighted by atomic mass is 16.6. The largest absolute Gasteiger partial charge is 0.507 e. The van der Waals surface area contributed by atoms with Crippen LogP contribution in [0.1, 0.15) is 86.1 Å². The van der Waals surface area contributed by atoms with Gasteiger partial charge in [0.2, 0.25) is 23.0 Å². The number of ether oxygens (including phenoxy) is 6. The molecule has 7 aromatic rings. The van der Waals surface area contributed by atoms with Crippen molar-refractivity contribution >= 4 is 29.8 Å². The van der Waals surface area contributed by atoms with E-state index in [1.54, 1.807) is 0 Å². The number of phenolic OH excluding ortho intramolecular Hbond substituents is 20. The van der Waals surface area contributed by atoms with Gasteiger partial charge < -0.3 is 136 Å². The van der Waals surface area contributed by atoms with Crippen LogP contribution in [0.3, 0.4) is 0 Å². The maximum atomic E-state index is 15.4. The third-order valence-corrected chi connectivity index (χ3v) is 15.0. The predicted molar refractivity (Wildman–Crippen MR) is 278 cm³/mol. The van der Waals surface area contributed by atoms with Crippen molar-refractivity contribution in [1.29, 1.82) is 0 Å². The highest BCUT2D eigenvalue weighted by Gasteiger charge is 2.57. The molecule has 456 valence electrons. The maximum Gasteiger partial charge on any atom is 0.343 e. The summed E-state index contributed by atoms with van der Waals surface area (Å²) >= 11 is 0. The van der Waals surface area contributed by atoms with Gasteiger partial charge in [-0.2, -0.15) is 0 Å². The van der Waals surface area contributed by atoms with Gasteiger partial charge in [0.15, 0.2) is 111 Å². The monoisotopic (exact) mass is 1220 g/mol. The van der Waals surface area contributed by atoms with Gasteiger partial charge in [-0.05, 0) is 42.5 Å². The number of phenols is 20. The molecule has 4 heterocycles. The molecule has 21 N–H and O–H groups in total. The minimum absolute atomic E-state index is 0.322. The number of cyclic esters (lactones) is 3. The van der Waals surface area contributed by atoms with Crippen LogP contribution in [-0.4, -0.2) is 174 Å². The molecule has 0 amide bonds. The van der Waals surface area contributed by atoms with Crippen molar-refractivity contribution < 1.29 is 160 Å². The van der Waals surface area contributed by atoms with E-state index in [1.807, 2.05) is 0 Å². The second kappa shape index (κ2) is 20.2. The Morgan fingerprint density at radius 2 is 0.875 bits per heavy atom. The van der Waals surface area contributed by atoms with Crippen LogP contribution in [0.4, 0.5) is 0 Å². The van der Waals surface area contributed by atoms with Crippen LogP contribution in [0.15, 0.2) is 48.5 Å². The Balaban J connectivity index is 1.25. The molecule has 7 atom stereocenters. The van der Waals surface area contributed by atoms with Crippen molar-refractivity contribution in [1.82, 2.24) is 0 Å². The van der Waals surface area contributed by atoms with Crippen LogP contribution in [0.2, 0.25) is 0 Å². The first-order chi connectivity index (χ1) is 41.4. The van der Waals surface area contributed by atoms with Crippen molar-refractivity contribution in [2.24, 2.45) is 0 Å². The van der Waals surface area contributed by atoms with E-state index in [9.17, 15) is 117 Å². The lowest BCUT2D eigenvalue weighted by atomic mass is 9.73. The number of aromatic hydroxyl groups is 20. The third kappa shape index (κ3) is 8.60. The molecule has 0 aromatic heterocycles. The van der Waals surface area contributed by atoms with E-state index in [1.165, 1.54) is 0 Å². The molecule has 0 radical (unpaired) electrons. The zero-order chi connectivity index (χ0) is 63.9. The van der Waals surface area contributed by atoms with E-state index in [0.717, 1.165) is 12.1 Å². The molecule has 7 aromatic carbocycles. The first-order valence-corrected chi connectivity index (χ1v) is 25.0. The molecule has 11 rings (SSSR count). The van der Waals surface area contributed by atoms with Crippen LogP contribution < -0.4 is 4.74 Å². The smallest absolute Gasteiger partial charge is 0.343 e. The average molecular weight is 1220 g/mol. The van der Waals surface area contributed by atoms with Crippen LogP contribution >= 0.6 is 0 Å². The number of esters is 5. The summed E-state index contributed by atoms with van der Waals surface area (Å²) in [5.41, 5.74) is -13.8. The molecule has 2 bridgehead atoms. The quantitative estimate of drug-likeness (QED) is 0.0669. The van der Waals surface area contributed by atoms with Crippen LogP contribution in [0, 0.1) is 0 Å². The summed E-state index contributed by atoms with van der Waals surface area (Å²) in [4.78, 5) is 74.8. The number of carbonyl (C=O) groups excluding carboxylic acids is 5. The molecule has 4 aliphatic rings. The van der Waals surface area contributed by atoms with Crippen LogP contribution in [0.5, 0.6) is 121 Å². The van der Waals surface area contributed by atoms with Gasteiger partial charge in [0.05, 0.1) is 34.3 Å². The lowest BCUT2D eigenvalue weighted by Crippen LogP contribution is -2.56. The SMILES string of the molecule is O=C(O[C@@H]1COC(=O)c2cc(O)c(O)c(O)c2-c2cc(O)c(O)c(O)c2C(=O)O[C@H]1[C@@H]1OC(=O)c2cc(O)c(O)c(O)c2-c2c(O)c(O)c(O)c3c2C(=O)O[C@H]1[C@H]3c1c(O)cc(O)c2c1O[C@H](c1cc(O)c(O)c(O)c1)[C@@H](O)C2)c1cc(O)c(O)c(O)c1. The summed E-state index contributed by atoms with van der Waals surface area (Å²) in [5, 5.41) is 233. The molecule has 0 spiro atoms. The molecular formula is C56H40O32. The fourth-order valence-electron chi connectivity index (χ4n) is 11.0. The number of aliphatic hydroxyl groups is 1. The number of fused-ring (bicyclic) bond motifs is 8. The van der Waals surface area contributed by atoms with Gasteiger partial charge in [-0.3, -0.25) is 0 Å². The van der Waals surface area contributed by atoms with Crippen LogP contribution in [-0.2, 0) is 30.1 Å². The van der Waals surface area contributed by atoms with E-state index < -0.39 is 273 Å². The van der Waals surface area contributed by atoms with E-state index >= 15 is 14.4 Å². The van der Waals surface area contributed by atoms with Crippen LogP contribution in [0.25, 0.3) is 22.3 Å². The summed E-state index contributed by atoms with van der Waals surface area (Å²) in [6, 6.07) is 4.12. The zero-order valence-corrected chi connectivity index (χ0v) is 43.5. The number of benzene rings is 7. The Hall–Kier alpha value is -12.4. The Morgan fingerprint density at radius 1 is 0.398 bits per heavy atom. The molecule has 0 fully saturated rings. The Bertz CT molecular complexity index is 4250. The Morgan fingerprint density at radius 3 is 1.47 bits per heavy atom. The number of rotatable bonds is 5. The molecule has 32 nitrogen and oxygen atoms in total. The van der Waals surface area contributed by atoms with Crippen molar-refractivity contribution in [3.63, 3.8) is 0 Å². The van der Waals surface area contributed by atoms with E-state index in [0.29, 0.717) is 36.4 Å². The molecule has 4 aliphatic heterocycles. The first-order valence-electron chi connectivity index (χ1n) is 25.0. The zero-order valence-electron chi connectivity index (χ0n) is 43.5. The first kappa shape index (κ1) is 57.5. The fourth-order valence-corrected chi connectivity index (χ4v) is 11.0. The normalized spacial score (nSPS) is 20.3. The number of carbonyl (C=O) groups is 5. The average Bonchev–Trinajstić information content (AvgIpc) is 0.736. The second-order valence-corrected chi connectivity index (χ2v) is 20.1. The minimum Gasteiger partial charge on any atom is -0.507 e. The van der Waals surface area contributed by atoms with Crippen molar-refractivity contribution in [2.45, 2.75) is 49.0 Å².